The first kappa shape index (κ1) is 17.5. The molecule has 0 atom stereocenters. The van der Waals surface area contributed by atoms with Crippen LogP contribution in [0.1, 0.15) is 24.8 Å². The van der Waals surface area contributed by atoms with Gasteiger partial charge in [-0.1, -0.05) is 18.2 Å². The second kappa shape index (κ2) is 9.34. The number of nitrogens with one attached hydrogen (secondary N) is 2. The van der Waals surface area contributed by atoms with Crippen molar-refractivity contribution in [3.05, 3.63) is 48.3 Å². The molecule has 0 bridgehead atoms. The molecule has 0 aliphatic heterocycles. The Balaban J connectivity index is 1.65. The maximum Gasteiger partial charge on any atom is 0.315 e. The van der Waals surface area contributed by atoms with Crippen LogP contribution in [-0.2, 0) is 16.1 Å². The van der Waals surface area contributed by atoms with Crippen LogP contribution in [0.5, 0.6) is 0 Å². The number of hydrogen-bond acceptors (Lipinski definition) is 4. The van der Waals surface area contributed by atoms with Crippen LogP contribution in [0, 0.1) is 0 Å². The van der Waals surface area contributed by atoms with Gasteiger partial charge in [0.2, 0.25) is 0 Å². The summed E-state index contributed by atoms with van der Waals surface area (Å²) in [5, 5.41) is 9.81. The molecule has 7 nitrogen and oxygen atoms in total. The van der Waals surface area contributed by atoms with E-state index in [9.17, 15) is 9.59 Å². The van der Waals surface area contributed by atoms with Crippen molar-refractivity contribution in [3.63, 3.8) is 0 Å². The summed E-state index contributed by atoms with van der Waals surface area (Å²) in [5.74, 6) is -0.227. The van der Waals surface area contributed by atoms with Gasteiger partial charge in [0.05, 0.1) is 19.0 Å². The second-order valence-electron chi connectivity index (χ2n) is 5.27. The molecule has 0 saturated heterocycles. The Morgan fingerprint density at radius 2 is 1.96 bits per heavy atom. The Kier molecular flexibility index (Phi) is 6.82. The van der Waals surface area contributed by atoms with E-state index in [0.717, 1.165) is 17.7 Å². The highest BCUT2D eigenvalue weighted by Crippen LogP contribution is 2.07. The van der Waals surface area contributed by atoms with E-state index in [0.29, 0.717) is 25.9 Å². The number of para-hydroxylation sites is 1. The number of hydrogen-bond donors (Lipinski definition) is 2. The molecule has 0 radical (unpaired) electrons. The molecular weight excluding hydrogens is 308 g/mol. The maximum atomic E-state index is 11.7. The molecule has 24 heavy (non-hydrogen) atoms. The van der Waals surface area contributed by atoms with Gasteiger partial charge < -0.3 is 15.4 Å². The number of methoxy groups -OCH3 is 1. The van der Waals surface area contributed by atoms with Crippen LogP contribution in [-0.4, -0.2) is 35.4 Å². The molecule has 2 rings (SSSR count). The predicted octanol–water partition coefficient (Wildman–Crippen LogP) is 2.01. The molecule has 0 saturated carbocycles. The van der Waals surface area contributed by atoms with Crippen molar-refractivity contribution in [2.45, 2.75) is 25.8 Å². The van der Waals surface area contributed by atoms with Gasteiger partial charge in [0, 0.05) is 31.3 Å². The zero-order chi connectivity index (χ0) is 17.2. The number of unbranched alkanes of at least 4 members (excludes halogenated alkanes) is 1. The number of esters is 1. The molecule has 0 fully saturated rings. The summed E-state index contributed by atoms with van der Waals surface area (Å²) >= 11 is 0. The van der Waals surface area contributed by atoms with Crippen molar-refractivity contribution in [3.8, 4) is 5.69 Å². The second-order valence-corrected chi connectivity index (χ2v) is 5.27. The Bertz CT molecular complexity index is 655. The Labute approximate surface area is 141 Å². The Morgan fingerprint density at radius 1 is 1.17 bits per heavy atom. The quantitative estimate of drug-likeness (QED) is 0.573. The van der Waals surface area contributed by atoms with Gasteiger partial charge in [-0.25, -0.2) is 9.48 Å². The van der Waals surface area contributed by atoms with Crippen LogP contribution in [0.4, 0.5) is 4.79 Å². The summed E-state index contributed by atoms with van der Waals surface area (Å²) in [4.78, 5) is 22.6. The average Bonchev–Trinajstić information content (AvgIpc) is 3.09. The smallest absolute Gasteiger partial charge is 0.315 e. The van der Waals surface area contributed by atoms with Gasteiger partial charge in [-0.15, -0.1) is 0 Å². The third-order valence-electron chi connectivity index (χ3n) is 3.43. The van der Waals surface area contributed by atoms with Crippen molar-refractivity contribution >= 4 is 12.0 Å². The van der Waals surface area contributed by atoms with Crippen LogP contribution < -0.4 is 10.6 Å². The fourth-order valence-corrected chi connectivity index (χ4v) is 2.12. The SMILES string of the molecule is COC(=O)CCCCNC(=O)NCc1cnn(-c2ccccc2)c1. The third kappa shape index (κ3) is 5.75. The molecule has 0 aliphatic carbocycles. The molecule has 0 unspecified atom stereocenters. The van der Waals surface area contributed by atoms with Crippen molar-refractivity contribution in [1.82, 2.24) is 20.4 Å². The summed E-state index contributed by atoms with van der Waals surface area (Å²) in [7, 11) is 1.37. The van der Waals surface area contributed by atoms with Gasteiger partial charge >= 0.3 is 12.0 Å². The van der Waals surface area contributed by atoms with Gasteiger partial charge in [0.15, 0.2) is 0 Å². The lowest BCUT2D eigenvalue weighted by Crippen LogP contribution is -2.35. The predicted molar refractivity (Wildman–Crippen MR) is 89.7 cm³/mol. The number of rotatable bonds is 8. The van der Waals surface area contributed by atoms with Crippen LogP contribution >= 0.6 is 0 Å². The summed E-state index contributed by atoms with van der Waals surface area (Å²) in [6.07, 6.45) is 5.40. The maximum absolute atomic E-state index is 11.7. The first-order chi connectivity index (χ1) is 11.7. The fourth-order valence-electron chi connectivity index (χ4n) is 2.12. The van der Waals surface area contributed by atoms with E-state index < -0.39 is 0 Å². The first-order valence-corrected chi connectivity index (χ1v) is 7.86. The van der Waals surface area contributed by atoms with E-state index in [2.05, 4.69) is 20.5 Å². The molecule has 0 aliphatic rings. The van der Waals surface area contributed by atoms with E-state index >= 15 is 0 Å². The van der Waals surface area contributed by atoms with Crippen LogP contribution in [0.15, 0.2) is 42.7 Å². The number of aromatic nitrogens is 2. The zero-order valence-corrected chi connectivity index (χ0v) is 13.7. The lowest BCUT2D eigenvalue weighted by Gasteiger charge is -2.06. The summed E-state index contributed by atoms with van der Waals surface area (Å²) in [5.41, 5.74) is 1.89. The average molecular weight is 330 g/mol. The summed E-state index contributed by atoms with van der Waals surface area (Å²) < 4.78 is 6.32. The van der Waals surface area contributed by atoms with Crippen LogP contribution in [0.3, 0.4) is 0 Å². The van der Waals surface area contributed by atoms with E-state index in [4.69, 9.17) is 0 Å². The molecule has 1 aromatic heterocycles. The van der Waals surface area contributed by atoms with Crippen molar-refractivity contribution in [2.24, 2.45) is 0 Å². The Hall–Kier alpha value is -2.83. The van der Waals surface area contributed by atoms with Crippen molar-refractivity contribution in [2.75, 3.05) is 13.7 Å². The molecule has 1 aromatic carbocycles. The molecule has 2 aromatic rings. The lowest BCUT2D eigenvalue weighted by molar-refractivity contribution is -0.140. The monoisotopic (exact) mass is 330 g/mol. The van der Waals surface area contributed by atoms with E-state index in [1.54, 1.807) is 10.9 Å². The standard InChI is InChI=1S/C17H22N4O3/c1-24-16(22)9-5-6-10-18-17(23)19-11-14-12-20-21(13-14)15-7-3-2-4-8-15/h2-4,7-8,12-13H,5-6,9-11H2,1H3,(H2,18,19,23). The van der Waals surface area contributed by atoms with Gasteiger partial charge in [-0.2, -0.15) is 5.10 Å². The van der Waals surface area contributed by atoms with Crippen LogP contribution in [0.2, 0.25) is 0 Å². The first-order valence-electron chi connectivity index (χ1n) is 7.86. The number of carbonyl (C=O) groups is 2. The van der Waals surface area contributed by atoms with E-state index in [-0.39, 0.29) is 12.0 Å². The largest absolute Gasteiger partial charge is 0.469 e. The fraction of sp³-hybridized carbons (Fsp3) is 0.353. The lowest BCUT2D eigenvalue weighted by atomic mass is 10.2. The van der Waals surface area contributed by atoms with Crippen molar-refractivity contribution in [1.29, 1.82) is 0 Å². The van der Waals surface area contributed by atoms with E-state index in [1.807, 2.05) is 36.5 Å². The molecule has 1 heterocycles. The highest BCUT2D eigenvalue weighted by Gasteiger charge is 2.04. The highest BCUT2D eigenvalue weighted by molar-refractivity contribution is 5.73. The number of benzene rings is 1. The third-order valence-corrected chi connectivity index (χ3v) is 3.43. The summed E-state index contributed by atoms with van der Waals surface area (Å²) in [6, 6.07) is 9.53. The number of nitrogens with zero attached hydrogens (tertiary/aromatic N) is 2. The normalized spacial score (nSPS) is 10.2. The van der Waals surface area contributed by atoms with Gasteiger partial charge in [0.1, 0.15) is 0 Å². The Morgan fingerprint density at radius 3 is 2.71 bits per heavy atom. The number of ether oxygens (including phenoxy) is 1. The minimum absolute atomic E-state index is 0.227. The highest BCUT2D eigenvalue weighted by atomic mass is 16.5. The topological polar surface area (TPSA) is 85.2 Å². The molecule has 2 amide bonds. The minimum Gasteiger partial charge on any atom is -0.469 e. The van der Waals surface area contributed by atoms with Gasteiger partial charge in [0.25, 0.3) is 0 Å². The van der Waals surface area contributed by atoms with Gasteiger partial charge in [-0.05, 0) is 25.0 Å². The summed E-state index contributed by atoms with van der Waals surface area (Å²) in [6.45, 7) is 0.924. The molecule has 2 N–H and O–H groups in total. The van der Waals surface area contributed by atoms with Crippen molar-refractivity contribution < 1.29 is 14.3 Å². The number of carbonyl (C=O) groups excluding carboxylic acids is 2. The van der Waals surface area contributed by atoms with E-state index in [1.165, 1.54) is 7.11 Å². The molecule has 128 valence electrons. The number of amides is 2. The molecule has 7 heteroatoms. The number of urea groups is 1. The zero-order valence-electron chi connectivity index (χ0n) is 13.7. The molecule has 0 spiro atoms. The van der Waals surface area contributed by atoms with Crippen LogP contribution in [0.25, 0.3) is 5.69 Å². The minimum atomic E-state index is -0.236. The molecular formula is C17H22N4O3. The van der Waals surface area contributed by atoms with Gasteiger partial charge in [-0.3, -0.25) is 4.79 Å².